The molecule has 5 heteroatoms. The van der Waals surface area contributed by atoms with Crippen molar-refractivity contribution in [1.29, 1.82) is 0 Å². The van der Waals surface area contributed by atoms with Crippen molar-refractivity contribution in [1.82, 2.24) is 4.98 Å². The molecule has 1 aliphatic heterocycles. The van der Waals surface area contributed by atoms with Crippen LogP contribution in [-0.2, 0) is 11.3 Å². The molecule has 19 heavy (non-hydrogen) atoms. The number of carbonyl (C=O) groups excluding carboxylic acids is 1. The molecule has 1 aromatic heterocycles. The van der Waals surface area contributed by atoms with Gasteiger partial charge in [0, 0.05) is 9.77 Å². The van der Waals surface area contributed by atoms with Gasteiger partial charge in [-0.25, -0.2) is 4.98 Å². The van der Waals surface area contributed by atoms with E-state index in [1.807, 2.05) is 36.4 Å². The molecule has 1 aliphatic rings. The number of ether oxygens (including phenoxy) is 1. The lowest BCUT2D eigenvalue weighted by Crippen LogP contribution is -2.38. The van der Waals surface area contributed by atoms with Gasteiger partial charge in [-0.2, -0.15) is 0 Å². The molecule has 0 aliphatic carbocycles. The van der Waals surface area contributed by atoms with Crippen LogP contribution in [0.1, 0.15) is 5.56 Å². The molecule has 0 spiro atoms. The number of carbonyl (C=O) groups is 1. The number of hydrogen-bond donors (Lipinski definition) is 0. The van der Waals surface area contributed by atoms with Crippen LogP contribution in [0, 0.1) is 3.57 Å². The van der Waals surface area contributed by atoms with Crippen molar-refractivity contribution in [2.24, 2.45) is 0 Å². The maximum Gasteiger partial charge on any atom is 0.265 e. The summed E-state index contributed by atoms with van der Waals surface area (Å²) < 4.78 is 6.33. The Morgan fingerprint density at radius 1 is 1.32 bits per heavy atom. The average Bonchev–Trinajstić information content (AvgIpc) is 2.43. The number of benzene rings is 1. The highest BCUT2D eigenvalue weighted by Crippen LogP contribution is 2.32. The first kappa shape index (κ1) is 12.4. The van der Waals surface area contributed by atoms with Crippen LogP contribution < -0.4 is 9.64 Å². The van der Waals surface area contributed by atoms with Crippen molar-refractivity contribution < 1.29 is 9.53 Å². The van der Waals surface area contributed by atoms with Crippen molar-refractivity contribution in [2.45, 2.75) is 6.54 Å². The Morgan fingerprint density at radius 2 is 2.11 bits per heavy atom. The second-order valence-corrected chi connectivity index (χ2v) is 5.48. The zero-order chi connectivity index (χ0) is 13.2. The molecule has 0 fully saturated rings. The molecule has 0 radical (unpaired) electrons. The Balaban J connectivity index is 1.97. The van der Waals surface area contributed by atoms with Crippen molar-refractivity contribution >= 4 is 34.2 Å². The van der Waals surface area contributed by atoms with Gasteiger partial charge in [-0.3, -0.25) is 4.79 Å². The topological polar surface area (TPSA) is 42.4 Å². The van der Waals surface area contributed by atoms with E-state index in [9.17, 15) is 4.79 Å². The fourth-order valence-electron chi connectivity index (χ4n) is 2.00. The molecule has 0 unspecified atom stereocenters. The van der Waals surface area contributed by atoms with Gasteiger partial charge in [0.05, 0.1) is 6.54 Å². The van der Waals surface area contributed by atoms with Crippen molar-refractivity contribution in [3.8, 4) is 5.88 Å². The second kappa shape index (κ2) is 5.16. The van der Waals surface area contributed by atoms with E-state index < -0.39 is 0 Å². The Kier molecular flexibility index (Phi) is 3.37. The van der Waals surface area contributed by atoms with Gasteiger partial charge in [-0.1, -0.05) is 30.3 Å². The van der Waals surface area contributed by atoms with Gasteiger partial charge in [-0.15, -0.1) is 0 Å². The molecule has 96 valence electrons. The number of aromatic nitrogens is 1. The minimum Gasteiger partial charge on any atom is -0.466 e. The van der Waals surface area contributed by atoms with Crippen molar-refractivity contribution in [3.63, 3.8) is 0 Å². The van der Waals surface area contributed by atoms with Gasteiger partial charge in [0.2, 0.25) is 5.88 Å². The molecular weight excluding hydrogens is 355 g/mol. The Bertz CT molecular complexity index is 616. The third-order valence-electron chi connectivity index (χ3n) is 2.91. The van der Waals surface area contributed by atoms with Crippen molar-refractivity contribution in [2.75, 3.05) is 11.5 Å². The lowest BCUT2D eigenvalue weighted by Gasteiger charge is -2.28. The maximum atomic E-state index is 12.0. The molecular formula is C14H11IN2O2. The predicted octanol–water partition coefficient (Wildman–Crippen LogP) is 2.61. The summed E-state index contributed by atoms with van der Waals surface area (Å²) in [5, 5.41) is 0. The van der Waals surface area contributed by atoms with Crippen LogP contribution in [-0.4, -0.2) is 17.5 Å². The first-order valence-corrected chi connectivity index (χ1v) is 6.94. The number of amides is 1. The number of hydrogen-bond acceptors (Lipinski definition) is 3. The van der Waals surface area contributed by atoms with Crippen LogP contribution in [0.4, 0.5) is 5.69 Å². The molecule has 0 saturated heterocycles. The molecule has 2 aromatic rings. The van der Waals surface area contributed by atoms with Crippen LogP contribution in [0.5, 0.6) is 5.88 Å². The van der Waals surface area contributed by atoms with Gasteiger partial charge in [0.25, 0.3) is 5.91 Å². The average molecular weight is 366 g/mol. The molecule has 2 heterocycles. The van der Waals surface area contributed by atoms with Crippen LogP contribution in [0.15, 0.2) is 42.6 Å². The van der Waals surface area contributed by atoms with Crippen LogP contribution in [0.25, 0.3) is 0 Å². The van der Waals surface area contributed by atoms with Crippen LogP contribution >= 0.6 is 22.6 Å². The standard InChI is InChI=1S/C14H11IN2O2/c15-11-6-12-14(16-7-11)19-9-13(18)17(12)8-10-4-2-1-3-5-10/h1-7H,8-9H2. The number of nitrogens with zero attached hydrogens (tertiary/aromatic N) is 2. The monoisotopic (exact) mass is 366 g/mol. The van der Waals surface area contributed by atoms with E-state index in [1.54, 1.807) is 11.1 Å². The fourth-order valence-corrected chi connectivity index (χ4v) is 2.44. The molecule has 0 saturated carbocycles. The predicted molar refractivity (Wildman–Crippen MR) is 80.1 cm³/mol. The summed E-state index contributed by atoms with van der Waals surface area (Å²) in [5.41, 5.74) is 1.83. The van der Waals surface area contributed by atoms with Gasteiger partial charge in [0.15, 0.2) is 6.61 Å². The summed E-state index contributed by atoms with van der Waals surface area (Å²) in [6.07, 6.45) is 1.73. The number of anilines is 1. The smallest absolute Gasteiger partial charge is 0.265 e. The zero-order valence-electron chi connectivity index (χ0n) is 10.0. The SMILES string of the molecule is O=C1COc2ncc(I)cc2N1Cc1ccccc1. The minimum absolute atomic E-state index is 0.0415. The molecule has 0 bridgehead atoms. The first-order chi connectivity index (χ1) is 9.24. The third-order valence-corrected chi connectivity index (χ3v) is 3.50. The van der Waals surface area contributed by atoms with E-state index in [0.29, 0.717) is 12.4 Å². The summed E-state index contributed by atoms with van der Waals surface area (Å²) in [6, 6.07) is 11.8. The second-order valence-electron chi connectivity index (χ2n) is 4.23. The Labute approximate surface area is 124 Å². The molecule has 1 aromatic carbocycles. The molecule has 4 nitrogen and oxygen atoms in total. The highest BCUT2D eigenvalue weighted by Gasteiger charge is 2.26. The number of halogens is 1. The van der Waals surface area contributed by atoms with Gasteiger partial charge in [-0.05, 0) is 34.2 Å². The highest BCUT2D eigenvalue weighted by molar-refractivity contribution is 14.1. The molecule has 0 N–H and O–H groups in total. The third kappa shape index (κ3) is 2.56. The summed E-state index contributed by atoms with van der Waals surface area (Å²) in [4.78, 5) is 18.0. The lowest BCUT2D eigenvalue weighted by atomic mass is 10.2. The van der Waals surface area contributed by atoms with E-state index >= 15 is 0 Å². The largest absolute Gasteiger partial charge is 0.466 e. The zero-order valence-corrected chi connectivity index (χ0v) is 12.2. The first-order valence-electron chi connectivity index (χ1n) is 5.86. The Morgan fingerprint density at radius 3 is 2.89 bits per heavy atom. The van der Waals surface area contributed by atoms with Crippen LogP contribution in [0.2, 0.25) is 0 Å². The minimum atomic E-state index is -0.0415. The van der Waals surface area contributed by atoms with Crippen molar-refractivity contribution in [3.05, 3.63) is 51.7 Å². The van der Waals surface area contributed by atoms with E-state index in [-0.39, 0.29) is 12.5 Å². The van der Waals surface area contributed by atoms with E-state index in [1.165, 1.54) is 0 Å². The van der Waals surface area contributed by atoms with E-state index in [0.717, 1.165) is 14.8 Å². The van der Waals surface area contributed by atoms with Gasteiger partial charge >= 0.3 is 0 Å². The number of pyridine rings is 1. The number of rotatable bonds is 2. The van der Waals surface area contributed by atoms with Gasteiger partial charge < -0.3 is 9.64 Å². The van der Waals surface area contributed by atoms with Crippen LogP contribution in [0.3, 0.4) is 0 Å². The fraction of sp³-hybridized carbons (Fsp3) is 0.143. The summed E-state index contributed by atoms with van der Waals surface area (Å²) in [5.74, 6) is 0.483. The highest BCUT2D eigenvalue weighted by atomic mass is 127. The molecule has 3 rings (SSSR count). The van der Waals surface area contributed by atoms with E-state index in [2.05, 4.69) is 27.6 Å². The molecule has 1 amide bonds. The van der Waals surface area contributed by atoms with E-state index in [4.69, 9.17) is 4.74 Å². The maximum absolute atomic E-state index is 12.0. The normalized spacial score (nSPS) is 13.9. The number of fused-ring (bicyclic) bond motifs is 1. The lowest BCUT2D eigenvalue weighted by molar-refractivity contribution is -0.121. The Hall–Kier alpha value is -1.63. The molecule has 0 atom stereocenters. The van der Waals surface area contributed by atoms with Gasteiger partial charge in [0.1, 0.15) is 5.69 Å². The quantitative estimate of drug-likeness (QED) is 0.768. The summed E-state index contributed by atoms with van der Waals surface area (Å²) >= 11 is 2.18. The summed E-state index contributed by atoms with van der Waals surface area (Å²) in [6.45, 7) is 0.589. The summed E-state index contributed by atoms with van der Waals surface area (Å²) in [7, 11) is 0.